The van der Waals surface area contributed by atoms with Crippen LogP contribution in [0.25, 0.3) is 0 Å². The Bertz CT molecular complexity index is 297. The van der Waals surface area contributed by atoms with Crippen molar-refractivity contribution in [1.82, 2.24) is 4.98 Å². The Morgan fingerprint density at radius 2 is 2.08 bits per heavy atom. The molecule has 2 nitrogen and oxygen atoms in total. The van der Waals surface area contributed by atoms with E-state index in [9.17, 15) is 0 Å². The van der Waals surface area contributed by atoms with E-state index in [1.54, 1.807) is 0 Å². The minimum Gasteiger partial charge on any atom is -0.322 e. The lowest BCUT2D eigenvalue weighted by Crippen LogP contribution is -2.18. The SMILES string of the molecule is Cc1cc([C@H](N)C(C)C)ncc1Br. The van der Waals surface area contributed by atoms with Crippen molar-refractivity contribution in [2.24, 2.45) is 11.7 Å². The Morgan fingerprint density at radius 3 is 2.54 bits per heavy atom. The molecule has 1 rings (SSSR count). The molecule has 1 aromatic rings. The van der Waals surface area contributed by atoms with Crippen molar-refractivity contribution < 1.29 is 0 Å². The highest BCUT2D eigenvalue weighted by molar-refractivity contribution is 9.10. The van der Waals surface area contributed by atoms with Gasteiger partial charge in [-0.25, -0.2) is 0 Å². The standard InChI is InChI=1S/C10H15BrN2/c1-6(2)10(12)9-4-7(3)8(11)5-13-9/h4-6,10H,12H2,1-3H3/t10-/m1/s1. The first kappa shape index (κ1) is 10.7. The van der Waals surface area contributed by atoms with Crippen molar-refractivity contribution in [1.29, 1.82) is 0 Å². The summed E-state index contributed by atoms with van der Waals surface area (Å²) in [6, 6.07) is 2.07. The minimum absolute atomic E-state index is 0.0341. The Hall–Kier alpha value is -0.410. The van der Waals surface area contributed by atoms with Crippen LogP contribution < -0.4 is 5.73 Å². The minimum atomic E-state index is 0.0341. The first-order valence-corrected chi connectivity index (χ1v) is 5.19. The van der Waals surface area contributed by atoms with Crippen LogP contribution in [0, 0.1) is 12.8 Å². The molecule has 0 aromatic carbocycles. The van der Waals surface area contributed by atoms with Crippen LogP contribution in [0.1, 0.15) is 31.1 Å². The van der Waals surface area contributed by atoms with Gasteiger partial charge in [0.1, 0.15) is 0 Å². The first-order valence-electron chi connectivity index (χ1n) is 4.40. The summed E-state index contributed by atoms with van der Waals surface area (Å²) in [5, 5.41) is 0. The van der Waals surface area contributed by atoms with Gasteiger partial charge in [0.25, 0.3) is 0 Å². The van der Waals surface area contributed by atoms with Gasteiger partial charge in [0.2, 0.25) is 0 Å². The number of aromatic nitrogens is 1. The lowest BCUT2D eigenvalue weighted by molar-refractivity contribution is 0.502. The van der Waals surface area contributed by atoms with Crippen LogP contribution in [0.4, 0.5) is 0 Å². The summed E-state index contributed by atoms with van der Waals surface area (Å²) in [5.41, 5.74) is 8.13. The van der Waals surface area contributed by atoms with Crippen LogP contribution in [-0.2, 0) is 0 Å². The highest BCUT2D eigenvalue weighted by Gasteiger charge is 2.12. The van der Waals surface area contributed by atoms with Crippen molar-refractivity contribution in [2.45, 2.75) is 26.8 Å². The molecule has 0 aliphatic carbocycles. The number of hydrogen-bond acceptors (Lipinski definition) is 2. The summed E-state index contributed by atoms with van der Waals surface area (Å²) in [6.07, 6.45) is 1.81. The Kier molecular flexibility index (Phi) is 3.45. The van der Waals surface area contributed by atoms with Gasteiger partial charge in [0, 0.05) is 16.7 Å². The average molecular weight is 243 g/mol. The third-order valence-electron chi connectivity index (χ3n) is 2.13. The largest absolute Gasteiger partial charge is 0.322 e. The fourth-order valence-electron chi connectivity index (χ4n) is 1.08. The fourth-order valence-corrected chi connectivity index (χ4v) is 1.30. The van der Waals surface area contributed by atoms with Gasteiger partial charge in [-0.05, 0) is 40.4 Å². The van der Waals surface area contributed by atoms with Gasteiger partial charge in [0.05, 0.1) is 5.69 Å². The maximum atomic E-state index is 5.98. The van der Waals surface area contributed by atoms with E-state index in [2.05, 4.69) is 34.8 Å². The van der Waals surface area contributed by atoms with Gasteiger partial charge in [-0.15, -0.1) is 0 Å². The monoisotopic (exact) mass is 242 g/mol. The summed E-state index contributed by atoms with van der Waals surface area (Å²) in [5.74, 6) is 0.424. The summed E-state index contributed by atoms with van der Waals surface area (Å²) in [6.45, 7) is 6.25. The Labute approximate surface area is 87.7 Å². The van der Waals surface area contributed by atoms with Crippen LogP contribution in [0.15, 0.2) is 16.7 Å². The molecule has 0 aliphatic rings. The number of nitrogens with two attached hydrogens (primary N) is 1. The van der Waals surface area contributed by atoms with Crippen molar-refractivity contribution in [2.75, 3.05) is 0 Å². The quantitative estimate of drug-likeness (QED) is 0.867. The molecule has 0 saturated heterocycles. The van der Waals surface area contributed by atoms with E-state index in [1.165, 1.54) is 5.56 Å². The van der Waals surface area contributed by atoms with Crippen LogP contribution in [-0.4, -0.2) is 4.98 Å². The number of hydrogen-bond donors (Lipinski definition) is 1. The van der Waals surface area contributed by atoms with E-state index in [0.717, 1.165) is 10.2 Å². The number of aryl methyl sites for hydroxylation is 1. The van der Waals surface area contributed by atoms with Crippen molar-refractivity contribution in [3.63, 3.8) is 0 Å². The summed E-state index contributed by atoms with van der Waals surface area (Å²) >= 11 is 3.41. The average Bonchev–Trinajstić information content (AvgIpc) is 2.08. The van der Waals surface area contributed by atoms with E-state index < -0.39 is 0 Å². The van der Waals surface area contributed by atoms with E-state index in [4.69, 9.17) is 5.73 Å². The van der Waals surface area contributed by atoms with Gasteiger partial charge in [0.15, 0.2) is 0 Å². The zero-order valence-corrected chi connectivity index (χ0v) is 9.80. The number of nitrogens with zero attached hydrogens (tertiary/aromatic N) is 1. The lowest BCUT2D eigenvalue weighted by atomic mass is 10.0. The predicted molar refractivity (Wildman–Crippen MR) is 58.4 cm³/mol. The van der Waals surface area contributed by atoms with Gasteiger partial charge < -0.3 is 5.73 Å². The predicted octanol–water partition coefficient (Wildman–Crippen LogP) is 2.81. The molecular weight excluding hydrogens is 228 g/mol. The maximum Gasteiger partial charge on any atom is 0.0577 e. The molecule has 0 spiro atoms. The molecule has 1 atom stereocenters. The molecule has 3 heteroatoms. The normalized spacial score (nSPS) is 13.4. The maximum absolute atomic E-state index is 5.98. The molecule has 0 radical (unpaired) electrons. The fraction of sp³-hybridized carbons (Fsp3) is 0.500. The molecule has 0 amide bonds. The third kappa shape index (κ3) is 2.51. The van der Waals surface area contributed by atoms with Crippen LogP contribution >= 0.6 is 15.9 Å². The van der Waals surface area contributed by atoms with Crippen LogP contribution in [0.2, 0.25) is 0 Å². The smallest absolute Gasteiger partial charge is 0.0577 e. The van der Waals surface area contributed by atoms with Crippen LogP contribution in [0.5, 0.6) is 0 Å². The molecule has 0 aliphatic heterocycles. The van der Waals surface area contributed by atoms with E-state index >= 15 is 0 Å². The molecule has 1 aromatic heterocycles. The van der Waals surface area contributed by atoms with Gasteiger partial charge in [-0.3, -0.25) is 4.98 Å². The third-order valence-corrected chi connectivity index (χ3v) is 2.96. The van der Waals surface area contributed by atoms with Crippen molar-refractivity contribution >= 4 is 15.9 Å². The second-order valence-electron chi connectivity index (χ2n) is 3.63. The van der Waals surface area contributed by atoms with E-state index in [1.807, 2.05) is 19.2 Å². The summed E-state index contributed by atoms with van der Waals surface area (Å²) < 4.78 is 1.03. The Morgan fingerprint density at radius 1 is 1.46 bits per heavy atom. The van der Waals surface area contributed by atoms with E-state index in [0.29, 0.717) is 5.92 Å². The molecule has 13 heavy (non-hydrogen) atoms. The molecule has 72 valence electrons. The summed E-state index contributed by atoms with van der Waals surface area (Å²) in [4.78, 5) is 4.29. The number of halogens is 1. The first-order chi connectivity index (χ1) is 6.02. The molecule has 2 N–H and O–H groups in total. The summed E-state index contributed by atoms with van der Waals surface area (Å²) in [7, 11) is 0. The molecule has 0 bridgehead atoms. The number of pyridine rings is 1. The molecular formula is C10H15BrN2. The molecule has 0 unspecified atom stereocenters. The second kappa shape index (κ2) is 4.20. The van der Waals surface area contributed by atoms with Gasteiger partial charge >= 0.3 is 0 Å². The van der Waals surface area contributed by atoms with Gasteiger partial charge in [-0.1, -0.05) is 13.8 Å². The van der Waals surface area contributed by atoms with Crippen LogP contribution in [0.3, 0.4) is 0 Å². The zero-order valence-electron chi connectivity index (χ0n) is 8.21. The highest BCUT2D eigenvalue weighted by Crippen LogP contribution is 2.21. The van der Waals surface area contributed by atoms with Crippen molar-refractivity contribution in [3.05, 3.63) is 28.0 Å². The number of rotatable bonds is 2. The molecule has 1 heterocycles. The Balaban J connectivity index is 2.97. The highest BCUT2D eigenvalue weighted by atomic mass is 79.9. The lowest BCUT2D eigenvalue weighted by Gasteiger charge is -2.15. The second-order valence-corrected chi connectivity index (χ2v) is 4.48. The zero-order chi connectivity index (χ0) is 10.0. The topological polar surface area (TPSA) is 38.9 Å². The molecule has 0 saturated carbocycles. The van der Waals surface area contributed by atoms with E-state index in [-0.39, 0.29) is 6.04 Å². The van der Waals surface area contributed by atoms with Gasteiger partial charge in [-0.2, -0.15) is 0 Å². The molecule has 0 fully saturated rings. The van der Waals surface area contributed by atoms with Crippen molar-refractivity contribution in [3.8, 4) is 0 Å².